The van der Waals surface area contributed by atoms with E-state index in [4.69, 9.17) is 0 Å². The zero-order valence-corrected chi connectivity index (χ0v) is 10.7. The van der Waals surface area contributed by atoms with Crippen LogP contribution in [-0.4, -0.2) is 35.7 Å². The van der Waals surface area contributed by atoms with Crippen LogP contribution in [0.5, 0.6) is 0 Å². The molecule has 2 nitrogen and oxygen atoms in total. The lowest BCUT2D eigenvalue weighted by Gasteiger charge is -2.35. The van der Waals surface area contributed by atoms with E-state index in [2.05, 4.69) is 18.4 Å². The zero-order valence-electron chi connectivity index (χ0n) is 10.7. The van der Waals surface area contributed by atoms with E-state index in [1.165, 1.54) is 25.8 Å². The van der Waals surface area contributed by atoms with Crippen molar-refractivity contribution in [2.45, 2.75) is 51.6 Å². The first kappa shape index (κ1) is 13.7. The predicted molar refractivity (Wildman–Crippen MR) is 69.5 cm³/mol. The molecule has 2 unspecified atom stereocenters. The molecule has 1 aliphatic heterocycles. The molecule has 2 heteroatoms. The predicted octanol–water partition coefficient (Wildman–Crippen LogP) is 2.83. The molecular formula is C14H27NO. The minimum Gasteiger partial charge on any atom is -0.393 e. The Kier molecular flexibility index (Phi) is 6.74. The quantitative estimate of drug-likeness (QED) is 0.532. The van der Waals surface area contributed by atoms with Gasteiger partial charge in [0.1, 0.15) is 0 Å². The van der Waals surface area contributed by atoms with Crippen LogP contribution in [0.2, 0.25) is 0 Å². The number of nitrogens with zero attached hydrogens (tertiary/aromatic N) is 1. The molecule has 0 spiro atoms. The SMILES string of the molecule is C=CCCCCCN1CCC(O)C(CC)C1. The smallest absolute Gasteiger partial charge is 0.0592 e. The van der Waals surface area contributed by atoms with Gasteiger partial charge in [0, 0.05) is 13.1 Å². The Morgan fingerprint density at radius 2 is 2.19 bits per heavy atom. The van der Waals surface area contributed by atoms with Crippen LogP contribution in [0, 0.1) is 5.92 Å². The molecule has 1 N–H and O–H groups in total. The van der Waals surface area contributed by atoms with Gasteiger partial charge in [-0.2, -0.15) is 0 Å². The van der Waals surface area contributed by atoms with Gasteiger partial charge in [-0.25, -0.2) is 0 Å². The number of likely N-dealkylation sites (tertiary alicyclic amines) is 1. The van der Waals surface area contributed by atoms with Gasteiger partial charge in [-0.3, -0.25) is 0 Å². The van der Waals surface area contributed by atoms with Gasteiger partial charge >= 0.3 is 0 Å². The molecule has 2 atom stereocenters. The normalized spacial score (nSPS) is 26.9. The van der Waals surface area contributed by atoms with Crippen molar-refractivity contribution in [1.29, 1.82) is 0 Å². The number of hydrogen-bond donors (Lipinski definition) is 1. The Hall–Kier alpha value is -0.340. The van der Waals surface area contributed by atoms with Crippen LogP contribution in [-0.2, 0) is 0 Å². The number of unbranched alkanes of at least 4 members (excludes halogenated alkanes) is 3. The summed E-state index contributed by atoms with van der Waals surface area (Å²) < 4.78 is 0. The summed E-state index contributed by atoms with van der Waals surface area (Å²) in [5, 5.41) is 9.79. The van der Waals surface area contributed by atoms with Gasteiger partial charge in [0.15, 0.2) is 0 Å². The third kappa shape index (κ3) is 4.67. The van der Waals surface area contributed by atoms with Crippen LogP contribution in [0.3, 0.4) is 0 Å². The summed E-state index contributed by atoms with van der Waals surface area (Å²) in [5.74, 6) is 0.502. The van der Waals surface area contributed by atoms with Gasteiger partial charge in [0.05, 0.1) is 6.10 Å². The lowest BCUT2D eigenvalue weighted by molar-refractivity contribution is 0.0246. The summed E-state index contributed by atoms with van der Waals surface area (Å²) in [6, 6.07) is 0. The molecule has 1 heterocycles. The van der Waals surface area contributed by atoms with Crippen molar-refractivity contribution >= 4 is 0 Å². The Bertz CT molecular complexity index is 193. The first-order valence-electron chi connectivity index (χ1n) is 6.79. The minimum absolute atomic E-state index is 0.0537. The minimum atomic E-state index is -0.0537. The Morgan fingerprint density at radius 3 is 2.88 bits per heavy atom. The lowest BCUT2D eigenvalue weighted by atomic mass is 9.92. The van der Waals surface area contributed by atoms with Crippen molar-refractivity contribution in [1.82, 2.24) is 4.90 Å². The van der Waals surface area contributed by atoms with E-state index >= 15 is 0 Å². The maximum absolute atomic E-state index is 9.79. The van der Waals surface area contributed by atoms with Crippen LogP contribution >= 0.6 is 0 Å². The van der Waals surface area contributed by atoms with E-state index < -0.39 is 0 Å². The fourth-order valence-electron chi connectivity index (χ4n) is 2.50. The molecule has 1 fully saturated rings. The van der Waals surface area contributed by atoms with E-state index in [1.807, 2.05) is 6.08 Å². The highest BCUT2D eigenvalue weighted by atomic mass is 16.3. The average molecular weight is 225 g/mol. The highest BCUT2D eigenvalue weighted by Gasteiger charge is 2.25. The maximum Gasteiger partial charge on any atom is 0.0592 e. The van der Waals surface area contributed by atoms with E-state index in [-0.39, 0.29) is 6.10 Å². The van der Waals surface area contributed by atoms with Crippen molar-refractivity contribution in [3.63, 3.8) is 0 Å². The molecule has 0 saturated carbocycles. The number of allylic oxidation sites excluding steroid dienone is 1. The molecule has 94 valence electrons. The second-order valence-corrected chi connectivity index (χ2v) is 4.96. The third-order valence-electron chi connectivity index (χ3n) is 3.68. The Balaban J connectivity index is 2.11. The van der Waals surface area contributed by atoms with Gasteiger partial charge in [0.2, 0.25) is 0 Å². The number of rotatable bonds is 7. The van der Waals surface area contributed by atoms with Gasteiger partial charge in [-0.1, -0.05) is 19.4 Å². The fourth-order valence-corrected chi connectivity index (χ4v) is 2.50. The molecule has 1 saturated heterocycles. The molecule has 1 rings (SSSR count). The monoisotopic (exact) mass is 225 g/mol. The third-order valence-corrected chi connectivity index (χ3v) is 3.68. The Labute approximate surface area is 100 Å². The standard InChI is InChI=1S/C14H27NO/c1-3-5-6-7-8-10-15-11-9-14(16)13(4-2)12-15/h3,13-14,16H,1,4-12H2,2H3. The number of piperidine rings is 1. The van der Waals surface area contributed by atoms with E-state index in [0.29, 0.717) is 5.92 Å². The highest BCUT2D eigenvalue weighted by molar-refractivity contribution is 4.79. The molecule has 0 aromatic carbocycles. The number of hydrogen-bond acceptors (Lipinski definition) is 2. The summed E-state index contributed by atoms with van der Waals surface area (Å²) in [5.41, 5.74) is 0. The lowest BCUT2D eigenvalue weighted by Crippen LogP contribution is -2.43. The summed E-state index contributed by atoms with van der Waals surface area (Å²) in [7, 11) is 0. The van der Waals surface area contributed by atoms with Gasteiger partial charge in [-0.15, -0.1) is 6.58 Å². The van der Waals surface area contributed by atoms with Crippen molar-refractivity contribution in [2.24, 2.45) is 5.92 Å². The average Bonchev–Trinajstić information content (AvgIpc) is 2.31. The van der Waals surface area contributed by atoms with Crippen LogP contribution in [0.4, 0.5) is 0 Å². The van der Waals surface area contributed by atoms with Gasteiger partial charge < -0.3 is 10.0 Å². The molecule has 0 amide bonds. The van der Waals surface area contributed by atoms with E-state index in [9.17, 15) is 5.11 Å². The summed E-state index contributed by atoms with van der Waals surface area (Å²) in [4.78, 5) is 2.52. The summed E-state index contributed by atoms with van der Waals surface area (Å²) in [6.07, 6.45) is 9.04. The van der Waals surface area contributed by atoms with Crippen LogP contribution in [0.25, 0.3) is 0 Å². The number of aliphatic hydroxyl groups is 1. The summed E-state index contributed by atoms with van der Waals surface area (Å²) in [6.45, 7) is 9.31. The largest absolute Gasteiger partial charge is 0.393 e. The highest BCUT2D eigenvalue weighted by Crippen LogP contribution is 2.20. The first-order chi connectivity index (χ1) is 7.77. The summed E-state index contributed by atoms with van der Waals surface area (Å²) >= 11 is 0. The van der Waals surface area contributed by atoms with Crippen molar-refractivity contribution in [3.8, 4) is 0 Å². The fraction of sp³-hybridized carbons (Fsp3) is 0.857. The molecule has 0 radical (unpaired) electrons. The Morgan fingerprint density at radius 1 is 1.38 bits per heavy atom. The van der Waals surface area contributed by atoms with E-state index in [1.54, 1.807) is 0 Å². The van der Waals surface area contributed by atoms with Crippen molar-refractivity contribution in [3.05, 3.63) is 12.7 Å². The van der Waals surface area contributed by atoms with Crippen LogP contribution in [0.15, 0.2) is 12.7 Å². The first-order valence-corrected chi connectivity index (χ1v) is 6.79. The molecule has 0 aromatic heterocycles. The second-order valence-electron chi connectivity index (χ2n) is 4.96. The van der Waals surface area contributed by atoms with E-state index in [0.717, 1.165) is 32.4 Å². The van der Waals surface area contributed by atoms with Crippen LogP contribution < -0.4 is 0 Å². The molecule has 0 bridgehead atoms. The molecule has 0 aliphatic carbocycles. The zero-order chi connectivity index (χ0) is 11.8. The number of aliphatic hydroxyl groups excluding tert-OH is 1. The molecular weight excluding hydrogens is 198 g/mol. The molecule has 1 aliphatic rings. The van der Waals surface area contributed by atoms with Crippen molar-refractivity contribution in [2.75, 3.05) is 19.6 Å². The second kappa shape index (κ2) is 7.86. The molecule has 0 aromatic rings. The molecule has 16 heavy (non-hydrogen) atoms. The maximum atomic E-state index is 9.79. The van der Waals surface area contributed by atoms with Crippen LogP contribution in [0.1, 0.15) is 45.4 Å². The van der Waals surface area contributed by atoms with Gasteiger partial charge in [-0.05, 0) is 44.6 Å². The topological polar surface area (TPSA) is 23.5 Å². The van der Waals surface area contributed by atoms with Gasteiger partial charge in [0.25, 0.3) is 0 Å². The van der Waals surface area contributed by atoms with Crippen molar-refractivity contribution < 1.29 is 5.11 Å².